The molecular formula is C14H25N3O2. The number of hydrogen-bond donors (Lipinski definition) is 2. The molecule has 5 heteroatoms. The highest BCUT2D eigenvalue weighted by atomic mass is 16.4. The highest BCUT2D eigenvalue weighted by Crippen LogP contribution is 2.11. The summed E-state index contributed by atoms with van der Waals surface area (Å²) in [6.45, 7) is 1.91. The summed E-state index contributed by atoms with van der Waals surface area (Å²) < 4.78 is 0. The molecule has 0 aliphatic carbocycles. The molecule has 108 valence electrons. The van der Waals surface area contributed by atoms with Gasteiger partial charge in [0.25, 0.3) is 0 Å². The molecule has 1 rings (SSSR count). The van der Waals surface area contributed by atoms with Gasteiger partial charge in [-0.3, -0.25) is 0 Å². The first kappa shape index (κ1) is 17.4. The minimum Gasteiger partial charge on any atom is -0.478 e. The number of aromatic carboxylic acids is 1. The second-order valence-corrected chi connectivity index (χ2v) is 4.69. The highest BCUT2D eigenvalue weighted by molar-refractivity contribution is 5.88. The van der Waals surface area contributed by atoms with Crippen LogP contribution in [-0.4, -0.2) is 57.3 Å². The van der Waals surface area contributed by atoms with Crippen LogP contribution in [0, 0.1) is 0 Å². The van der Waals surface area contributed by atoms with Crippen LogP contribution in [0.3, 0.4) is 0 Å². The Labute approximate surface area is 115 Å². The van der Waals surface area contributed by atoms with Crippen molar-refractivity contribution in [2.75, 3.05) is 46.2 Å². The fourth-order valence-corrected chi connectivity index (χ4v) is 1.31. The van der Waals surface area contributed by atoms with E-state index in [1.54, 1.807) is 24.3 Å². The van der Waals surface area contributed by atoms with Crippen LogP contribution in [0.1, 0.15) is 16.8 Å². The third kappa shape index (κ3) is 8.18. The van der Waals surface area contributed by atoms with Crippen molar-refractivity contribution < 1.29 is 9.90 Å². The average Bonchev–Trinajstić information content (AvgIpc) is 2.37. The number of carboxylic acids is 1. The van der Waals surface area contributed by atoms with E-state index in [1.165, 1.54) is 0 Å². The van der Waals surface area contributed by atoms with Crippen molar-refractivity contribution in [1.82, 2.24) is 4.90 Å². The molecular weight excluding hydrogens is 242 g/mol. The lowest BCUT2D eigenvalue weighted by atomic mass is 10.2. The first-order valence-corrected chi connectivity index (χ1v) is 6.24. The fourth-order valence-electron chi connectivity index (χ4n) is 1.31. The molecule has 0 heterocycles. The Hall–Kier alpha value is -1.59. The summed E-state index contributed by atoms with van der Waals surface area (Å²) in [5.41, 5.74) is 6.57. The average molecular weight is 267 g/mol. The Morgan fingerprint density at radius 1 is 1.16 bits per heavy atom. The molecule has 0 spiro atoms. The standard InChI is InChI=1S/C9H11NO2.C5H14N2/c1-10(2)8-5-3-7(4-6-8)9(11)12;1-7(2)5-3-4-6/h3-6H,1-2H3,(H,11,12);3-6H2,1-2H3. The van der Waals surface area contributed by atoms with E-state index < -0.39 is 5.97 Å². The number of nitrogens with two attached hydrogens (primary N) is 1. The second-order valence-electron chi connectivity index (χ2n) is 4.69. The van der Waals surface area contributed by atoms with Gasteiger partial charge < -0.3 is 20.6 Å². The van der Waals surface area contributed by atoms with Crippen molar-refractivity contribution in [1.29, 1.82) is 0 Å². The molecule has 0 amide bonds. The van der Waals surface area contributed by atoms with E-state index >= 15 is 0 Å². The molecule has 0 saturated carbocycles. The SMILES string of the molecule is CN(C)CCCN.CN(C)c1ccc(C(=O)O)cc1. The zero-order valence-electron chi connectivity index (χ0n) is 12.3. The van der Waals surface area contributed by atoms with Crippen molar-refractivity contribution >= 4 is 11.7 Å². The number of anilines is 1. The van der Waals surface area contributed by atoms with Crippen LogP contribution in [0.25, 0.3) is 0 Å². The van der Waals surface area contributed by atoms with Gasteiger partial charge >= 0.3 is 5.97 Å². The molecule has 0 fully saturated rings. The molecule has 0 aliphatic rings. The quantitative estimate of drug-likeness (QED) is 0.842. The predicted molar refractivity (Wildman–Crippen MR) is 80.0 cm³/mol. The van der Waals surface area contributed by atoms with E-state index in [-0.39, 0.29) is 0 Å². The maximum Gasteiger partial charge on any atom is 0.335 e. The van der Waals surface area contributed by atoms with Gasteiger partial charge in [0.1, 0.15) is 0 Å². The highest BCUT2D eigenvalue weighted by Gasteiger charge is 2.01. The number of carbonyl (C=O) groups is 1. The maximum atomic E-state index is 10.5. The minimum absolute atomic E-state index is 0.320. The molecule has 0 aliphatic heterocycles. The molecule has 0 unspecified atom stereocenters. The summed E-state index contributed by atoms with van der Waals surface area (Å²) in [5, 5.41) is 8.60. The van der Waals surface area contributed by atoms with Crippen molar-refractivity contribution in [3.8, 4) is 0 Å². The number of hydrogen-bond acceptors (Lipinski definition) is 4. The van der Waals surface area contributed by atoms with Gasteiger partial charge in [0.2, 0.25) is 0 Å². The molecule has 1 aromatic carbocycles. The van der Waals surface area contributed by atoms with Crippen molar-refractivity contribution in [3.63, 3.8) is 0 Å². The second kappa shape index (κ2) is 9.35. The Bertz CT molecular complexity index is 361. The molecule has 1 aromatic rings. The topological polar surface area (TPSA) is 69.8 Å². The molecule has 0 bridgehead atoms. The minimum atomic E-state index is -0.889. The van der Waals surface area contributed by atoms with E-state index in [2.05, 4.69) is 19.0 Å². The third-order valence-corrected chi connectivity index (χ3v) is 2.44. The normalized spacial score (nSPS) is 9.79. The first-order chi connectivity index (χ1) is 8.88. The van der Waals surface area contributed by atoms with Crippen LogP contribution in [0.2, 0.25) is 0 Å². The van der Waals surface area contributed by atoms with Gasteiger partial charge in [-0.05, 0) is 57.9 Å². The summed E-state index contributed by atoms with van der Waals surface area (Å²) >= 11 is 0. The van der Waals surface area contributed by atoms with Crippen LogP contribution in [0.4, 0.5) is 5.69 Å². The zero-order chi connectivity index (χ0) is 14.8. The van der Waals surface area contributed by atoms with Gasteiger partial charge in [0.05, 0.1) is 5.56 Å². The number of benzene rings is 1. The summed E-state index contributed by atoms with van der Waals surface area (Å²) in [5.74, 6) is -0.889. The van der Waals surface area contributed by atoms with Gasteiger partial charge in [0.15, 0.2) is 0 Å². The van der Waals surface area contributed by atoms with E-state index in [0.717, 1.165) is 25.2 Å². The summed E-state index contributed by atoms with van der Waals surface area (Å²) in [6, 6.07) is 6.75. The summed E-state index contributed by atoms with van der Waals surface area (Å²) in [7, 11) is 7.93. The lowest BCUT2D eigenvalue weighted by Gasteiger charge is -2.11. The van der Waals surface area contributed by atoms with Gasteiger partial charge in [-0.25, -0.2) is 4.79 Å². The predicted octanol–water partition coefficient (Wildman–Crippen LogP) is 1.35. The molecule has 0 radical (unpaired) electrons. The van der Waals surface area contributed by atoms with Crippen molar-refractivity contribution in [3.05, 3.63) is 29.8 Å². The summed E-state index contributed by atoms with van der Waals surface area (Å²) in [6.07, 6.45) is 1.10. The first-order valence-electron chi connectivity index (χ1n) is 6.24. The van der Waals surface area contributed by atoms with Crippen LogP contribution in [0.5, 0.6) is 0 Å². The van der Waals surface area contributed by atoms with Gasteiger partial charge in [-0.2, -0.15) is 0 Å². The van der Waals surface area contributed by atoms with Crippen LogP contribution in [-0.2, 0) is 0 Å². The van der Waals surface area contributed by atoms with Crippen LogP contribution < -0.4 is 10.6 Å². The van der Waals surface area contributed by atoms with Gasteiger partial charge in [0, 0.05) is 19.8 Å². The zero-order valence-corrected chi connectivity index (χ0v) is 12.3. The van der Waals surface area contributed by atoms with Crippen LogP contribution >= 0.6 is 0 Å². The Balaban J connectivity index is 0.000000399. The molecule has 5 nitrogen and oxygen atoms in total. The number of nitrogens with zero attached hydrogens (tertiary/aromatic N) is 2. The van der Waals surface area contributed by atoms with E-state index in [1.807, 2.05) is 19.0 Å². The molecule has 0 aromatic heterocycles. The number of rotatable bonds is 5. The fraction of sp³-hybridized carbons (Fsp3) is 0.500. The lowest BCUT2D eigenvalue weighted by Crippen LogP contribution is -2.16. The summed E-state index contributed by atoms with van der Waals surface area (Å²) in [4.78, 5) is 14.5. The molecule has 0 saturated heterocycles. The monoisotopic (exact) mass is 267 g/mol. The molecule has 3 N–H and O–H groups in total. The third-order valence-electron chi connectivity index (χ3n) is 2.44. The Kier molecular flexibility index (Phi) is 8.57. The van der Waals surface area contributed by atoms with E-state index in [0.29, 0.717) is 5.56 Å². The lowest BCUT2D eigenvalue weighted by molar-refractivity contribution is 0.0697. The van der Waals surface area contributed by atoms with Gasteiger partial charge in [-0.1, -0.05) is 0 Å². The Morgan fingerprint density at radius 2 is 1.68 bits per heavy atom. The van der Waals surface area contributed by atoms with Gasteiger partial charge in [-0.15, -0.1) is 0 Å². The van der Waals surface area contributed by atoms with E-state index in [4.69, 9.17) is 10.8 Å². The van der Waals surface area contributed by atoms with E-state index in [9.17, 15) is 4.79 Å². The van der Waals surface area contributed by atoms with Crippen LogP contribution in [0.15, 0.2) is 24.3 Å². The molecule has 19 heavy (non-hydrogen) atoms. The van der Waals surface area contributed by atoms with Crippen molar-refractivity contribution in [2.24, 2.45) is 5.73 Å². The molecule has 0 atom stereocenters. The Morgan fingerprint density at radius 3 is 1.95 bits per heavy atom. The maximum absolute atomic E-state index is 10.5. The smallest absolute Gasteiger partial charge is 0.335 e. The largest absolute Gasteiger partial charge is 0.478 e. The van der Waals surface area contributed by atoms with Crippen molar-refractivity contribution in [2.45, 2.75) is 6.42 Å². The number of carboxylic acid groups (broad SMARTS) is 1.